The first-order valence-corrected chi connectivity index (χ1v) is 11.9. The lowest BCUT2D eigenvalue weighted by Gasteiger charge is -2.26. The number of nitrogens with zero attached hydrogens (tertiary/aromatic N) is 1. The largest absolute Gasteiger partial charge is 0.488 e. The highest BCUT2D eigenvalue weighted by Crippen LogP contribution is 2.28. The normalized spacial score (nSPS) is 15.0. The van der Waals surface area contributed by atoms with Gasteiger partial charge in [0.1, 0.15) is 23.7 Å². The molecule has 0 atom stereocenters. The predicted octanol–water partition coefficient (Wildman–Crippen LogP) is 5.75. The third kappa shape index (κ3) is 5.20. The van der Waals surface area contributed by atoms with Crippen molar-refractivity contribution in [3.8, 4) is 5.75 Å². The van der Waals surface area contributed by atoms with E-state index in [9.17, 15) is 18.8 Å². The number of carbonyl (C=O) groups is 3. The van der Waals surface area contributed by atoms with Crippen LogP contribution in [-0.4, -0.2) is 17.8 Å². The number of halogens is 3. The molecule has 1 heterocycles. The number of hydrogen-bond donors (Lipinski definition) is 1. The van der Waals surface area contributed by atoms with Crippen molar-refractivity contribution in [3.63, 3.8) is 0 Å². The molecule has 0 spiro atoms. The second-order valence-corrected chi connectivity index (χ2v) is 9.51. The van der Waals surface area contributed by atoms with Crippen LogP contribution < -0.4 is 15.0 Å². The summed E-state index contributed by atoms with van der Waals surface area (Å²) in [5.41, 5.74) is 2.46. The summed E-state index contributed by atoms with van der Waals surface area (Å²) in [6, 6.07) is 15.5. The van der Waals surface area contributed by atoms with Crippen LogP contribution in [0.5, 0.6) is 5.75 Å². The van der Waals surface area contributed by atoms with Gasteiger partial charge in [-0.3, -0.25) is 14.9 Å². The molecule has 0 unspecified atom stereocenters. The van der Waals surface area contributed by atoms with E-state index in [0.29, 0.717) is 17.0 Å². The van der Waals surface area contributed by atoms with Crippen molar-refractivity contribution in [2.24, 2.45) is 0 Å². The molecule has 0 bridgehead atoms. The maximum absolute atomic E-state index is 13.1. The molecule has 9 heteroatoms. The van der Waals surface area contributed by atoms with Crippen molar-refractivity contribution in [3.05, 3.63) is 96.8 Å². The van der Waals surface area contributed by atoms with Gasteiger partial charge >= 0.3 is 6.03 Å². The minimum atomic E-state index is -0.798. The SMILES string of the molecule is Cc1cc(N2C(=O)NC(=O)/C(=C\c3ccc(OCc4ccc(F)cc4)c(I)c3)C2=O)ccc1Br. The summed E-state index contributed by atoms with van der Waals surface area (Å²) in [4.78, 5) is 38.9. The van der Waals surface area contributed by atoms with Gasteiger partial charge in [0.25, 0.3) is 11.8 Å². The van der Waals surface area contributed by atoms with Crippen LogP contribution in [0.4, 0.5) is 14.9 Å². The van der Waals surface area contributed by atoms with Crippen LogP contribution in [0.2, 0.25) is 0 Å². The standard InChI is InChI=1S/C25H17BrFIN2O4/c1-14-10-18(7-8-20(14)26)30-24(32)19(23(31)29-25(30)33)11-16-4-9-22(21(28)12-16)34-13-15-2-5-17(27)6-3-15/h2-12H,13H2,1H3,(H,29,31,33)/b19-11+. The van der Waals surface area contributed by atoms with E-state index < -0.39 is 17.8 Å². The third-order valence-electron chi connectivity index (χ3n) is 5.08. The van der Waals surface area contributed by atoms with E-state index in [1.165, 1.54) is 18.2 Å². The summed E-state index contributed by atoms with van der Waals surface area (Å²) in [5.74, 6) is -1.17. The smallest absolute Gasteiger partial charge is 0.335 e. The van der Waals surface area contributed by atoms with Gasteiger partial charge in [-0.2, -0.15) is 0 Å². The Balaban J connectivity index is 1.56. The molecule has 4 rings (SSSR count). The molecule has 34 heavy (non-hydrogen) atoms. The molecule has 0 aliphatic carbocycles. The molecule has 0 saturated carbocycles. The molecule has 0 aromatic heterocycles. The zero-order chi connectivity index (χ0) is 24.4. The molecule has 3 aromatic rings. The average molecular weight is 635 g/mol. The lowest BCUT2D eigenvalue weighted by Crippen LogP contribution is -2.54. The fourth-order valence-electron chi connectivity index (χ4n) is 3.29. The zero-order valence-corrected chi connectivity index (χ0v) is 21.5. The molecule has 1 saturated heterocycles. The number of rotatable bonds is 5. The molecule has 1 aliphatic heterocycles. The van der Waals surface area contributed by atoms with E-state index in [-0.39, 0.29) is 18.0 Å². The van der Waals surface area contributed by atoms with Crippen LogP contribution in [0.1, 0.15) is 16.7 Å². The molecule has 172 valence electrons. The predicted molar refractivity (Wildman–Crippen MR) is 138 cm³/mol. The van der Waals surface area contributed by atoms with Crippen LogP contribution in [0, 0.1) is 16.3 Å². The highest BCUT2D eigenvalue weighted by Gasteiger charge is 2.36. The first kappa shape index (κ1) is 24.1. The van der Waals surface area contributed by atoms with E-state index in [1.807, 2.05) is 6.92 Å². The molecule has 4 amide bonds. The minimum absolute atomic E-state index is 0.157. The maximum Gasteiger partial charge on any atom is 0.335 e. The third-order valence-corrected chi connectivity index (χ3v) is 6.81. The van der Waals surface area contributed by atoms with Crippen LogP contribution in [0.15, 0.2) is 70.7 Å². The molecule has 1 N–H and O–H groups in total. The minimum Gasteiger partial charge on any atom is -0.488 e. The van der Waals surface area contributed by atoms with E-state index >= 15 is 0 Å². The van der Waals surface area contributed by atoms with Crippen LogP contribution in [0.3, 0.4) is 0 Å². The number of imide groups is 2. The summed E-state index contributed by atoms with van der Waals surface area (Å²) in [5, 5.41) is 2.23. The molecule has 1 aliphatic rings. The topological polar surface area (TPSA) is 75.7 Å². The second kappa shape index (κ2) is 10.1. The number of nitrogens with one attached hydrogen (secondary N) is 1. The number of hydrogen-bond acceptors (Lipinski definition) is 4. The molecular formula is C25H17BrFIN2O4. The number of urea groups is 1. The number of amides is 4. The quantitative estimate of drug-likeness (QED) is 0.220. The Morgan fingerprint density at radius 1 is 1.06 bits per heavy atom. The van der Waals surface area contributed by atoms with Gasteiger partial charge in [0.05, 0.1) is 9.26 Å². The molecular weight excluding hydrogens is 618 g/mol. The van der Waals surface area contributed by atoms with Gasteiger partial charge in [-0.25, -0.2) is 14.1 Å². The van der Waals surface area contributed by atoms with Gasteiger partial charge < -0.3 is 4.74 Å². The van der Waals surface area contributed by atoms with Crippen LogP contribution >= 0.6 is 38.5 Å². The highest BCUT2D eigenvalue weighted by atomic mass is 127. The monoisotopic (exact) mass is 634 g/mol. The fourth-order valence-corrected chi connectivity index (χ4v) is 4.23. The lowest BCUT2D eigenvalue weighted by molar-refractivity contribution is -0.122. The molecule has 3 aromatic carbocycles. The Bertz CT molecular complexity index is 1340. The maximum atomic E-state index is 13.1. The van der Waals surface area contributed by atoms with Crippen molar-refractivity contribution in [1.29, 1.82) is 0 Å². The summed E-state index contributed by atoms with van der Waals surface area (Å²) in [6.07, 6.45) is 1.44. The van der Waals surface area contributed by atoms with Crippen LogP contribution in [-0.2, 0) is 16.2 Å². The van der Waals surface area contributed by atoms with Crippen molar-refractivity contribution in [1.82, 2.24) is 5.32 Å². The number of benzene rings is 3. The Morgan fingerprint density at radius 3 is 2.47 bits per heavy atom. The van der Waals surface area contributed by atoms with Crippen molar-refractivity contribution in [2.75, 3.05) is 4.90 Å². The van der Waals surface area contributed by atoms with Gasteiger partial charge in [-0.15, -0.1) is 0 Å². The first-order valence-electron chi connectivity index (χ1n) is 10.1. The Kier molecular flexibility index (Phi) is 7.13. The average Bonchev–Trinajstić information content (AvgIpc) is 2.79. The van der Waals surface area contributed by atoms with E-state index in [0.717, 1.165) is 24.1 Å². The molecule has 6 nitrogen and oxygen atoms in total. The lowest BCUT2D eigenvalue weighted by atomic mass is 10.1. The van der Waals surface area contributed by atoms with Gasteiger partial charge in [0, 0.05) is 4.47 Å². The first-order chi connectivity index (χ1) is 16.2. The summed E-state index contributed by atoms with van der Waals surface area (Å²) >= 11 is 5.49. The Morgan fingerprint density at radius 2 is 1.79 bits per heavy atom. The fraction of sp³-hybridized carbons (Fsp3) is 0.0800. The van der Waals surface area contributed by atoms with Crippen molar-refractivity contribution < 1.29 is 23.5 Å². The number of aryl methyl sites for hydroxylation is 1. The summed E-state index contributed by atoms with van der Waals surface area (Å²) < 4.78 is 20.5. The van der Waals surface area contributed by atoms with Gasteiger partial charge in [0.15, 0.2) is 0 Å². The number of ether oxygens (including phenoxy) is 1. The summed E-state index contributed by atoms with van der Waals surface area (Å²) in [6.45, 7) is 2.10. The molecule has 1 fully saturated rings. The summed E-state index contributed by atoms with van der Waals surface area (Å²) in [7, 11) is 0. The van der Waals surface area contributed by atoms with Crippen molar-refractivity contribution in [2.45, 2.75) is 13.5 Å². The second-order valence-electron chi connectivity index (χ2n) is 7.50. The zero-order valence-electron chi connectivity index (χ0n) is 17.8. The van der Waals surface area contributed by atoms with E-state index in [2.05, 4.69) is 43.8 Å². The Hall–Kier alpha value is -3.05. The Labute approximate surface area is 217 Å². The number of barbiturate groups is 1. The van der Waals surface area contributed by atoms with Gasteiger partial charge in [-0.1, -0.05) is 34.1 Å². The van der Waals surface area contributed by atoms with E-state index in [4.69, 9.17) is 4.74 Å². The highest BCUT2D eigenvalue weighted by molar-refractivity contribution is 14.1. The molecule has 0 radical (unpaired) electrons. The van der Waals surface area contributed by atoms with Gasteiger partial charge in [0.2, 0.25) is 0 Å². The number of carbonyl (C=O) groups excluding carboxylic acids is 3. The number of anilines is 1. The van der Waals surface area contributed by atoms with Crippen molar-refractivity contribution >= 4 is 68.1 Å². The van der Waals surface area contributed by atoms with Gasteiger partial charge in [-0.05, 0) is 94.7 Å². The van der Waals surface area contributed by atoms with E-state index in [1.54, 1.807) is 48.5 Å². The van der Waals surface area contributed by atoms with Crippen LogP contribution in [0.25, 0.3) is 6.08 Å².